The van der Waals surface area contributed by atoms with E-state index in [4.69, 9.17) is 9.84 Å². The molecule has 2 atom stereocenters. The number of hydrogen-bond donors (Lipinski definition) is 4. The van der Waals surface area contributed by atoms with Crippen molar-refractivity contribution in [3.05, 3.63) is 60.2 Å². The monoisotopic (exact) mass is 330 g/mol. The number of aliphatic hydroxyl groups is 2. The van der Waals surface area contributed by atoms with Gasteiger partial charge in [-0.25, -0.2) is 0 Å². The topological polar surface area (TPSA) is 90.2 Å². The Labute approximate surface area is 141 Å². The molecule has 0 aromatic heterocycles. The molecule has 0 saturated carbocycles. The van der Waals surface area contributed by atoms with Gasteiger partial charge < -0.3 is 25.2 Å². The van der Waals surface area contributed by atoms with E-state index in [0.29, 0.717) is 23.1 Å². The predicted octanol–water partition coefficient (Wildman–Crippen LogP) is 2.53. The number of phenolic OH excluding ortho intramolecular Hbond substituents is 2. The number of benzene rings is 2. The second-order valence-corrected chi connectivity index (χ2v) is 5.52. The molecule has 0 aliphatic rings. The summed E-state index contributed by atoms with van der Waals surface area (Å²) in [6.45, 7) is 3.23. The normalized spacial score (nSPS) is 13.5. The molecule has 0 spiro atoms. The third kappa shape index (κ3) is 3.76. The number of aliphatic hydroxyl groups excluding tert-OH is 2. The van der Waals surface area contributed by atoms with Crippen LogP contribution in [0.2, 0.25) is 0 Å². The lowest BCUT2D eigenvalue weighted by molar-refractivity contribution is -0.0392. The summed E-state index contributed by atoms with van der Waals surface area (Å²) in [5, 5.41) is 39.1. The predicted molar refractivity (Wildman–Crippen MR) is 92.0 cm³/mol. The smallest absolute Gasteiger partial charge is 0.123 e. The standard InChI is InChI=1S/C19H22O5/c1-3-4-13-9-12(5-7-16(13)21)15-10-14(6-8-17(15)22)19(24-2)18(23)11-20/h3,5-10,18-23H,1,4,11H2,2H3/t18-,19-/m1/s1. The minimum Gasteiger partial charge on any atom is -0.508 e. The minimum atomic E-state index is -1.07. The van der Waals surface area contributed by atoms with Crippen LogP contribution in [0.15, 0.2) is 49.1 Å². The van der Waals surface area contributed by atoms with E-state index in [0.717, 1.165) is 5.56 Å². The van der Waals surface area contributed by atoms with Crippen molar-refractivity contribution in [2.24, 2.45) is 0 Å². The van der Waals surface area contributed by atoms with Gasteiger partial charge in [0, 0.05) is 12.7 Å². The molecule has 5 heteroatoms. The fraction of sp³-hybridized carbons (Fsp3) is 0.263. The number of hydrogen-bond acceptors (Lipinski definition) is 5. The lowest BCUT2D eigenvalue weighted by Gasteiger charge is -2.21. The fourth-order valence-electron chi connectivity index (χ4n) is 2.64. The minimum absolute atomic E-state index is 0.0716. The molecule has 0 aliphatic carbocycles. The molecule has 0 bridgehead atoms. The van der Waals surface area contributed by atoms with Crippen molar-refractivity contribution in [2.75, 3.05) is 13.7 Å². The van der Waals surface area contributed by atoms with Gasteiger partial charge in [-0.1, -0.05) is 18.2 Å². The number of ether oxygens (including phenoxy) is 1. The molecule has 0 fully saturated rings. The van der Waals surface area contributed by atoms with Crippen LogP contribution in [0.4, 0.5) is 0 Å². The summed E-state index contributed by atoms with van der Waals surface area (Å²) in [6, 6.07) is 9.89. The number of phenols is 2. The number of allylic oxidation sites excluding steroid dienone is 1. The molecule has 128 valence electrons. The summed E-state index contributed by atoms with van der Waals surface area (Å²) in [7, 11) is 1.44. The van der Waals surface area contributed by atoms with Crippen LogP contribution in [-0.2, 0) is 11.2 Å². The Hall–Kier alpha value is -2.34. The van der Waals surface area contributed by atoms with Gasteiger partial charge in [0.1, 0.15) is 23.7 Å². The molecule has 2 rings (SSSR count). The van der Waals surface area contributed by atoms with Gasteiger partial charge in [0.05, 0.1) is 6.61 Å². The second-order valence-electron chi connectivity index (χ2n) is 5.52. The second kappa shape index (κ2) is 7.97. The third-order valence-corrected chi connectivity index (χ3v) is 3.89. The zero-order valence-electron chi connectivity index (χ0n) is 13.5. The van der Waals surface area contributed by atoms with Gasteiger partial charge in [0.15, 0.2) is 0 Å². The Morgan fingerprint density at radius 2 is 1.83 bits per heavy atom. The van der Waals surface area contributed by atoms with Crippen molar-refractivity contribution in [1.82, 2.24) is 0 Å². The maximum absolute atomic E-state index is 10.2. The Morgan fingerprint density at radius 3 is 2.46 bits per heavy atom. The SMILES string of the molecule is C=CCc1cc(-c2cc([C@@H](OC)[C@H](O)CO)ccc2O)ccc1O. The Kier molecular flexibility index (Phi) is 5.98. The molecule has 4 N–H and O–H groups in total. The summed E-state index contributed by atoms with van der Waals surface area (Å²) in [4.78, 5) is 0. The van der Waals surface area contributed by atoms with Crippen LogP contribution in [0, 0.1) is 0 Å². The van der Waals surface area contributed by atoms with Crippen LogP contribution < -0.4 is 0 Å². The highest BCUT2D eigenvalue weighted by Gasteiger charge is 2.21. The molecule has 0 unspecified atom stereocenters. The maximum Gasteiger partial charge on any atom is 0.123 e. The van der Waals surface area contributed by atoms with Gasteiger partial charge in [-0.05, 0) is 47.4 Å². The lowest BCUT2D eigenvalue weighted by Crippen LogP contribution is -2.23. The first-order valence-corrected chi connectivity index (χ1v) is 7.59. The van der Waals surface area contributed by atoms with E-state index in [1.807, 2.05) is 0 Å². The zero-order valence-corrected chi connectivity index (χ0v) is 13.5. The molecule has 0 saturated heterocycles. The quantitative estimate of drug-likeness (QED) is 0.586. The molecule has 5 nitrogen and oxygen atoms in total. The van der Waals surface area contributed by atoms with Crippen molar-refractivity contribution in [3.63, 3.8) is 0 Å². The van der Waals surface area contributed by atoms with Crippen LogP contribution in [0.1, 0.15) is 17.2 Å². The maximum atomic E-state index is 10.2. The van der Waals surface area contributed by atoms with Crippen molar-refractivity contribution >= 4 is 0 Å². The lowest BCUT2D eigenvalue weighted by atomic mass is 9.95. The van der Waals surface area contributed by atoms with Crippen LogP contribution in [0.25, 0.3) is 11.1 Å². The van der Waals surface area contributed by atoms with Gasteiger partial charge in [-0.15, -0.1) is 6.58 Å². The van der Waals surface area contributed by atoms with Gasteiger partial charge >= 0.3 is 0 Å². The first kappa shape index (κ1) is 18.0. The average Bonchev–Trinajstić information content (AvgIpc) is 2.59. The van der Waals surface area contributed by atoms with Gasteiger partial charge in [-0.3, -0.25) is 0 Å². The Morgan fingerprint density at radius 1 is 1.12 bits per heavy atom. The van der Waals surface area contributed by atoms with Crippen LogP contribution in [0.3, 0.4) is 0 Å². The highest BCUT2D eigenvalue weighted by molar-refractivity contribution is 5.72. The van der Waals surface area contributed by atoms with Crippen molar-refractivity contribution in [3.8, 4) is 22.6 Å². The van der Waals surface area contributed by atoms with Crippen LogP contribution in [0.5, 0.6) is 11.5 Å². The summed E-state index contributed by atoms with van der Waals surface area (Å²) in [6.07, 6.45) is 0.417. The van der Waals surface area contributed by atoms with Gasteiger partial charge in [0.2, 0.25) is 0 Å². The molecule has 0 aliphatic heterocycles. The highest BCUT2D eigenvalue weighted by Crippen LogP contribution is 2.35. The number of rotatable bonds is 7. The fourth-order valence-corrected chi connectivity index (χ4v) is 2.64. The molecular formula is C19H22O5. The van der Waals surface area contributed by atoms with E-state index in [2.05, 4.69) is 6.58 Å². The van der Waals surface area contributed by atoms with Crippen molar-refractivity contribution in [2.45, 2.75) is 18.6 Å². The van der Waals surface area contributed by atoms with Crippen molar-refractivity contribution < 1.29 is 25.2 Å². The van der Waals surface area contributed by atoms with E-state index in [9.17, 15) is 15.3 Å². The number of methoxy groups -OCH3 is 1. The molecule has 0 heterocycles. The Bertz CT molecular complexity index is 711. The molecule has 24 heavy (non-hydrogen) atoms. The highest BCUT2D eigenvalue weighted by atomic mass is 16.5. The average molecular weight is 330 g/mol. The zero-order chi connectivity index (χ0) is 17.7. The first-order chi connectivity index (χ1) is 11.5. The third-order valence-electron chi connectivity index (χ3n) is 3.89. The van der Waals surface area contributed by atoms with E-state index in [-0.39, 0.29) is 11.5 Å². The van der Waals surface area contributed by atoms with E-state index < -0.39 is 18.8 Å². The van der Waals surface area contributed by atoms with E-state index in [1.54, 1.807) is 36.4 Å². The van der Waals surface area contributed by atoms with E-state index in [1.165, 1.54) is 13.2 Å². The van der Waals surface area contributed by atoms with E-state index >= 15 is 0 Å². The molecule has 2 aromatic rings. The van der Waals surface area contributed by atoms with Crippen LogP contribution in [-0.4, -0.2) is 40.2 Å². The van der Waals surface area contributed by atoms with Gasteiger partial charge in [0.25, 0.3) is 0 Å². The molecule has 0 radical (unpaired) electrons. The molecular weight excluding hydrogens is 308 g/mol. The largest absolute Gasteiger partial charge is 0.508 e. The number of aromatic hydroxyl groups is 2. The van der Waals surface area contributed by atoms with Crippen molar-refractivity contribution in [1.29, 1.82) is 0 Å². The summed E-state index contributed by atoms with van der Waals surface area (Å²) in [5.74, 6) is 0.238. The first-order valence-electron chi connectivity index (χ1n) is 7.59. The Balaban J connectivity index is 2.49. The molecule has 2 aromatic carbocycles. The molecule has 0 amide bonds. The summed E-state index contributed by atoms with van der Waals surface area (Å²) >= 11 is 0. The summed E-state index contributed by atoms with van der Waals surface area (Å²) in [5.41, 5.74) is 2.60. The van der Waals surface area contributed by atoms with Crippen LogP contribution >= 0.6 is 0 Å². The van der Waals surface area contributed by atoms with Gasteiger partial charge in [-0.2, -0.15) is 0 Å². The summed E-state index contributed by atoms with van der Waals surface area (Å²) < 4.78 is 5.26.